The molecule has 2 aliphatic rings. The molecule has 2 saturated heterocycles. The van der Waals surface area contributed by atoms with Crippen LogP contribution in [0.3, 0.4) is 0 Å². The molecule has 0 radical (unpaired) electrons. The fraction of sp³-hybridized carbons (Fsp3) is 0.500. The Bertz CT molecular complexity index is 661. The van der Waals surface area contributed by atoms with E-state index in [2.05, 4.69) is 15.0 Å². The summed E-state index contributed by atoms with van der Waals surface area (Å²) in [6, 6.07) is 0.400. The van der Waals surface area contributed by atoms with Crippen molar-refractivity contribution >= 4 is 11.7 Å². The van der Waals surface area contributed by atoms with Crippen LogP contribution in [-0.2, 0) is 6.54 Å². The van der Waals surface area contributed by atoms with Gasteiger partial charge in [0.1, 0.15) is 6.26 Å². The first kappa shape index (κ1) is 13.3. The van der Waals surface area contributed by atoms with E-state index in [1.165, 1.54) is 6.39 Å². The Morgan fingerprint density at radius 2 is 2.23 bits per heavy atom. The first-order valence-corrected chi connectivity index (χ1v) is 7.37. The number of likely N-dealkylation sites (N-methyl/N-ethyl adjacent to an activating group) is 1. The predicted octanol–water partition coefficient (Wildman–Crippen LogP) is 0.800. The van der Waals surface area contributed by atoms with E-state index in [1.807, 2.05) is 17.9 Å². The summed E-state index contributed by atoms with van der Waals surface area (Å²) >= 11 is 0. The van der Waals surface area contributed by atoms with Crippen LogP contribution >= 0.6 is 0 Å². The van der Waals surface area contributed by atoms with Crippen molar-refractivity contribution in [2.45, 2.75) is 12.6 Å². The van der Waals surface area contributed by atoms with Gasteiger partial charge in [-0.05, 0) is 0 Å². The molecule has 4 heterocycles. The SMILES string of the molecule is CN1CCN(c2cnn(C3CN(Cc4cocn4)C3)c2)C1=O. The van der Waals surface area contributed by atoms with E-state index < -0.39 is 0 Å². The fourth-order valence-electron chi connectivity index (χ4n) is 2.94. The number of hydrogen-bond acceptors (Lipinski definition) is 5. The van der Waals surface area contributed by atoms with Crippen LogP contribution in [0.5, 0.6) is 0 Å². The lowest BCUT2D eigenvalue weighted by atomic mass is 10.1. The van der Waals surface area contributed by atoms with E-state index in [-0.39, 0.29) is 6.03 Å². The van der Waals surface area contributed by atoms with Gasteiger partial charge in [-0.2, -0.15) is 5.10 Å². The number of rotatable bonds is 4. The lowest BCUT2D eigenvalue weighted by Gasteiger charge is -2.38. The number of likely N-dealkylation sites (tertiary alicyclic amines) is 1. The smallest absolute Gasteiger partial charge is 0.324 e. The Balaban J connectivity index is 1.36. The molecular weight excluding hydrogens is 284 g/mol. The molecule has 0 atom stereocenters. The minimum atomic E-state index is 0.0424. The van der Waals surface area contributed by atoms with Gasteiger partial charge < -0.3 is 9.32 Å². The third kappa shape index (κ3) is 2.25. The number of hydrogen-bond donors (Lipinski definition) is 0. The molecule has 2 aromatic rings. The third-order valence-electron chi connectivity index (χ3n) is 4.30. The van der Waals surface area contributed by atoms with Crippen molar-refractivity contribution in [3.63, 3.8) is 0 Å². The van der Waals surface area contributed by atoms with Crippen molar-refractivity contribution in [2.24, 2.45) is 0 Å². The topological polar surface area (TPSA) is 70.6 Å². The fourth-order valence-corrected chi connectivity index (χ4v) is 2.94. The molecule has 8 heteroatoms. The molecule has 2 aromatic heterocycles. The molecule has 2 fully saturated rings. The molecule has 8 nitrogen and oxygen atoms in total. The maximum Gasteiger partial charge on any atom is 0.324 e. The van der Waals surface area contributed by atoms with Gasteiger partial charge in [-0.15, -0.1) is 0 Å². The van der Waals surface area contributed by atoms with Gasteiger partial charge in [-0.1, -0.05) is 0 Å². The van der Waals surface area contributed by atoms with Gasteiger partial charge in [0.2, 0.25) is 0 Å². The van der Waals surface area contributed by atoms with Gasteiger partial charge in [0, 0.05) is 46.0 Å². The molecule has 116 valence electrons. The Kier molecular flexibility index (Phi) is 3.11. The number of amides is 2. The van der Waals surface area contributed by atoms with Gasteiger partial charge >= 0.3 is 6.03 Å². The molecule has 0 aliphatic carbocycles. The summed E-state index contributed by atoms with van der Waals surface area (Å²) in [6.45, 7) is 4.16. The zero-order valence-corrected chi connectivity index (χ0v) is 12.4. The zero-order valence-electron chi connectivity index (χ0n) is 12.4. The Morgan fingerprint density at radius 1 is 1.36 bits per heavy atom. The number of carbonyl (C=O) groups is 1. The summed E-state index contributed by atoms with van der Waals surface area (Å²) in [6.07, 6.45) is 6.87. The highest BCUT2D eigenvalue weighted by Crippen LogP contribution is 2.25. The van der Waals surface area contributed by atoms with Crippen LogP contribution in [0.2, 0.25) is 0 Å². The summed E-state index contributed by atoms with van der Waals surface area (Å²) in [5, 5.41) is 4.42. The lowest BCUT2D eigenvalue weighted by molar-refractivity contribution is 0.0895. The highest BCUT2D eigenvalue weighted by molar-refractivity contribution is 5.93. The molecular formula is C14H18N6O2. The number of urea groups is 1. The Hall–Kier alpha value is -2.35. The van der Waals surface area contributed by atoms with Crippen molar-refractivity contribution in [1.82, 2.24) is 24.6 Å². The van der Waals surface area contributed by atoms with Crippen LogP contribution in [0.25, 0.3) is 0 Å². The van der Waals surface area contributed by atoms with Crippen molar-refractivity contribution < 1.29 is 9.21 Å². The van der Waals surface area contributed by atoms with Gasteiger partial charge in [-0.3, -0.25) is 14.5 Å². The predicted molar refractivity (Wildman–Crippen MR) is 78.4 cm³/mol. The molecule has 0 N–H and O–H groups in total. The Labute approximate surface area is 127 Å². The monoisotopic (exact) mass is 302 g/mol. The van der Waals surface area contributed by atoms with Crippen molar-refractivity contribution in [3.8, 4) is 0 Å². The van der Waals surface area contributed by atoms with Crippen LogP contribution in [-0.4, -0.2) is 63.8 Å². The summed E-state index contributed by atoms with van der Waals surface area (Å²) in [4.78, 5) is 21.9. The second kappa shape index (κ2) is 5.13. The number of carbonyl (C=O) groups excluding carboxylic acids is 1. The molecule has 0 saturated carbocycles. The summed E-state index contributed by atoms with van der Waals surface area (Å²) < 4.78 is 6.94. The number of aromatic nitrogens is 3. The molecule has 0 spiro atoms. The highest BCUT2D eigenvalue weighted by Gasteiger charge is 2.31. The average Bonchev–Trinajstić information content (AvgIpc) is 3.18. The van der Waals surface area contributed by atoms with Crippen molar-refractivity contribution in [1.29, 1.82) is 0 Å². The minimum absolute atomic E-state index is 0.0424. The quantitative estimate of drug-likeness (QED) is 0.835. The zero-order chi connectivity index (χ0) is 15.1. The number of oxazole rings is 1. The molecule has 0 aromatic carbocycles. The maximum absolute atomic E-state index is 12.0. The molecule has 0 unspecified atom stereocenters. The van der Waals surface area contributed by atoms with Crippen LogP contribution < -0.4 is 4.90 Å². The number of nitrogens with zero attached hydrogens (tertiary/aromatic N) is 6. The normalized spacial score (nSPS) is 20.0. The molecule has 4 rings (SSSR count). The summed E-state index contributed by atoms with van der Waals surface area (Å²) in [7, 11) is 1.82. The van der Waals surface area contributed by atoms with Crippen molar-refractivity contribution in [3.05, 3.63) is 30.7 Å². The van der Waals surface area contributed by atoms with Crippen LogP contribution in [0, 0.1) is 0 Å². The van der Waals surface area contributed by atoms with Gasteiger partial charge in [0.05, 0.1) is 23.6 Å². The van der Waals surface area contributed by atoms with E-state index in [0.29, 0.717) is 6.04 Å². The van der Waals surface area contributed by atoms with Crippen LogP contribution in [0.1, 0.15) is 11.7 Å². The standard InChI is InChI=1S/C14H18N6O2/c1-17-2-3-19(14(17)21)12-4-16-20(8-12)13-6-18(7-13)5-11-9-22-10-15-11/h4,8-10,13H,2-3,5-7H2,1H3. The molecule has 2 amide bonds. The largest absolute Gasteiger partial charge is 0.451 e. The van der Waals surface area contributed by atoms with Crippen molar-refractivity contribution in [2.75, 3.05) is 38.1 Å². The van der Waals surface area contributed by atoms with Gasteiger partial charge in [0.25, 0.3) is 0 Å². The van der Waals surface area contributed by atoms with E-state index in [4.69, 9.17) is 4.42 Å². The number of anilines is 1. The Morgan fingerprint density at radius 3 is 2.91 bits per heavy atom. The second-order valence-corrected chi connectivity index (χ2v) is 5.86. The first-order chi connectivity index (χ1) is 10.7. The van der Waals surface area contributed by atoms with E-state index >= 15 is 0 Å². The summed E-state index contributed by atoms with van der Waals surface area (Å²) in [5.74, 6) is 0. The first-order valence-electron chi connectivity index (χ1n) is 7.37. The van der Waals surface area contributed by atoms with E-state index in [0.717, 1.165) is 44.1 Å². The average molecular weight is 302 g/mol. The van der Waals surface area contributed by atoms with E-state index in [9.17, 15) is 4.79 Å². The minimum Gasteiger partial charge on any atom is -0.451 e. The van der Waals surface area contributed by atoms with Gasteiger partial charge in [-0.25, -0.2) is 9.78 Å². The molecule has 2 aliphatic heterocycles. The molecule has 22 heavy (non-hydrogen) atoms. The van der Waals surface area contributed by atoms with Crippen LogP contribution in [0.4, 0.5) is 10.5 Å². The van der Waals surface area contributed by atoms with E-state index in [1.54, 1.807) is 22.3 Å². The van der Waals surface area contributed by atoms with Crippen LogP contribution in [0.15, 0.2) is 29.5 Å². The second-order valence-electron chi connectivity index (χ2n) is 5.86. The highest BCUT2D eigenvalue weighted by atomic mass is 16.3. The third-order valence-corrected chi connectivity index (χ3v) is 4.30. The maximum atomic E-state index is 12.0. The van der Waals surface area contributed by atoms with Gasteiger partial charge in [0.15, 0.2) is 6.39 Å². The lowest BCUT2D eigenvalue weighted by Crippen LogP contribution is -2.47. The summed E-state index contributed by atoms with van der Waals surface area (Å²) in [5.41, 5.74) is 1.83. The molecule has 0 bridgehead atoms.